The van der Waals surface area contributed by atoms with Crippen molar-refractivity contribution in [3.63, 3.8) is 0 Å². The third-order valence-corrected chi connectivity index (χ3v) is 5.29. The smallest absolute Gasteiger partial charge is 0.238 e. The highest BCUT2D eigenvalue weighted by Gasteiger charge is 2.27. The summed E-state index contributed by atoms with van der Waals surface area (Å²) in [5, 5.41) is 2.96. The van der Waals surface area contributed by atoms with E-state index in [4.69, 9.17) is 0 Å². The minimum Gasteiger partial charge on any atom is -0.349 e. The van der Waals surface area contributed by atoms with E-state index in [0.29, 0.717) is 25.2 Å². The SMILES string of the molecule is CN(C)C(=O)C1CCN(CC(=O)Nc2ccccc2N2CCCC2=O)CC1. The summed E-state index contributed by atoms with van der Waals surface area (Å²) in [6, 6.07) is 7.44. The maximum absolute atomic E-state index is 12.5. The number of hydrogen-bond acceptors (Lipinski definition) is 4. The Labute approximate surface area is 160 Å². The standard InChI is InChI=1S/C20H28N4O3/c1-22(2)20(27)15-9-12-23(13-10-15)14-18(25)21-16-6-3-4-7-17(16)24-11-5-8-19(24)26/h3-4,6-7,15H,5,8-14H2,1-2H3,(H,21,25). The van der Waals surface area contributed by atoms with Gasteiger partial charge in [0, 0.05) is 33.0 Å². The van der Waals surface area contributed by atoms with Crippen molar-refractivity contribution < 1.29 is 14.4 Å². The van der Waals surface area contributed by atoms with Crippen molar-refractivity contribution in [3.05, 3.63) is 24.3 Å². The summed E-state index contributed by atoms with van der Waals surface area (Å²) in [7, 11) is 3.56. The second-order valence-electron chi connectivity index (χ2n) is 7.50. The van der Waals surface area contributed by atoms with E-state index in [1.165, 1.54) is 0 Å². The fourth-order valence-corrected chi connectivity index (χ4v) is 3.81. The van der Waals surface area contributed by atoms with Crippen LogP contribution in [0.3, 0.4) is 0 Å². The van der Waals surface area contributed by atoms with Crippen LogP contribution in [0.1, 0.15) is 25.7 Å². The Morgan fingerprint density at radius 3 is 2.48 bits per heavy atom. The van der Waals surface area contributed by atoms with Crippen LogP contribution in [0.25, 0.3) is 0 Å². The maximum Gasteiger partial charge on any atom is 0.238 e. The molecule has 2 heterocycles. The van der Waals surface area contributed by atoms with E-state index in [-0.39, 0.29) is 23.6 Å². The average Bonchev–Trinajstić information content (AvgIpc) is 3.08. The van der Waals surface area contributed by atoms with E-state index in [1.54, 1.807) is 23.9 Å². The summed E-state index contributed by atoms with van der Waals surface area (Å²) < 4.78 is 0. The molecule has 0 atom stereocenters. The number of carbonyl (C=O) groups excluding carboxylic acids is 3. The first-order valence-electron chi connectivity index (χ1n) is 9.58. The van der Waals surface area contributed by atoms with Crippen LogP contribution >= 0.6 is 0 Å². The van der Waals surface area contributed by atoms with Crippen LogP contribution in [0.5, 0.6) is 0 Å². The van der Waals surface area contributed by atoms with E-state index in [9.17, 15) is 14.4 Å². The molecule has 146 valence electrons. The van der Waals surface area contributed by atoms with E-state index >= 15 is 0 Å². The molecule has 7 heteroatoms. The number of nitrogens with zero attached hydrogens (tertiary/aromatic N) is 3. The molecule has 0 bridgehead atoms. The highest BCUT2D eigenvalue weighted by molar-refractivity contribution is 6.02. The maximum atomic E-state index is 12.5. The molecule has 7 nitrogen and oxygen atoms in total. The van der Waals surface area contributed by atoms with Crippen molar-refractivity contribution >= 4 is 29.1 Å². The van der Waals surface area contributed by atoms with Crippen molar-refractivity contribution in [2.75, 3.05) is 50.5 Å². The topological polar surface area (TPSA) is 73.0 Å². The van der Waals surface area contributed by atoms with E-state index in [1.807, 2.05) is 24.3 Å². The Balaban J connectivity index is 1.55. The third kappa shape index (κ3) is 4.66. The monoisotopic (exact) mass is 372 g/mol. The first-order chi connectivity index (χ1) is 13.0. The number of rotatable bonds is 5. The number of carbonyl (C=O) groups is 3. The predicted molar refractivity (Wildman–Crippen MR) is 105 cm³/mol. The molecule has 2 saturated heterocycles. The molecule has 3 rings (SSSR count). The molecule has 1 aromatic rings. The highest BCUT2D eigenvalue weighted by Crippen LogP contribution is 2.29. The number of piperidine rings is 1. The van der Waals surface area contributed by atoms with Gasteiger partial charge in [-0.25, -0.2) is 0 Å². The van der Waals surface area contributed by atoms with Gasteiger partial charge in [-0.1, -0.05) is 12.1 Å². The number of nitrogens with one attached hydrogen (secondary N) is 1. The summed E-state index contributed by atoms with van der Waals surface area (Å²) in [6.07, 6.45) is 2.97. The van der Waals surface area contributed by atoms with Crippen LogP contribution in [0, 0.1) is 5.92 Å². The van der Waals surface area contributed by atoms with Crippen molar-refractivity contribution in [3.8, 4) is 0 Å². The first-order valence-corrected chi connectivity index (χ1v) is 9.58. The van der Waals surface area contributed by atoms with Crippen LogP contribution in [0.15, 0.2) is 24.3 Å². The van der Waals surface area contributed by atoms with Gasteiger partial charge in [0.05, 0.1) is 17.9 Å². The van der Waals surface area contributed by atoms with Crippen LogP contribution in [-0.2, 0) is 14.4 Å². The lowest BCUT2D eigenvalue weighted by atomic mass is 9.95. The summed E-state index contributed by atoms with van der Waals surface area (Å²) >= 11 is 0. The molecule has 0 spiro atoms. The van der Waals surface area contributed by atoms with Gasteiger partial charge in [-0.3, -0.25) is 19.3 Å². The van der Waals surface area contributed by atoms with Gasteiger partial charge in [-0.05, 0) is 44.5 Å². The number of amides is 3. The molecule has 0 unspecified atom stereocenters. The molecule has 2 aliphatic heterocycles. The molecular formula is C20H28N4O3. The quantitative estimate of drug-likeness (QED) is 0.851. The van der Waals surface area contributed by atoms with Crippen molar-refractivity contribution in [2.45, 2.75) is 25.7 Å². The minimum absolute atomic E-state index is 0.0567. The molecule has 1 aromatic carbocycles. The van der Waals surface area contributed by atoms with Gasteiger partial charge in [0.25, 0.3) is 0 Å². The van der Waals surface area contributed by atoms with E-state index in [0.717, 1.165) is 38.0 Å². The Hall–Kier alpha value is -2.41. The third-order valence-electron chi connectivity index (χ3n) is 5.29. The summed E-state index contributed by atoms with van der Waals surface area (Å²) in [5.41, 5.74) is 1.44. The molecule has 0 radical (unpaired) electrons. The second kappa shape index (κ2) is 8.52. The average molecular weight is 372 g/mol. The molecule has 0 aromatic heterocycles. The summed E-state index contributed by atoms with van der Waals surface area (Å²) in [6.45, 7) is 2.47. The number of likely N-dealkylation sites (tertiary alicyclic amines) is 1. The molecular weight excluding hydrogens is 344 g/mol. The number of hydrogen-bond donors (Lipinski definition) is 1. The lowest BCUT2D eigenvalue weighted by molar-refractivity contribution is -0.134. The van der Waals surface area contributed by atoms with Crippen molar-refractivity contribution in [2.24, 2.45) is 5.92 Å². The van der Waals surface area contributed by atoms with E-state index < -0.39 is 0 Å². The molecule has 27 heavy (non-hydrogen) atoms. The lowest BCUT2D eigenvalue weighted by Gasteiger charge is -2.32. The van der Waals surface area contributed by atoms with Gasteiger partial charge in [0.1, 0.15) is 0 Å². The fourth-order valence-electron chi connectivity index (χ4n) is 3.81. The molecule has 0 aliphatic carbocycles. The van der Waals surface area contributed by atoms with E-state index in [2.05, 4.69) is 10.2 Å². The zero-order chi connectivity index (χ0) is 19.4. The fraction of sp³-hybridized carbons (Fsp3) is 0.550. The Morgan fingerprint density at radius 2 is 1.85 bits per heavy atom. The molecule has 2 aliphatic rings. The Morgan fingerprint density at radius 1 is 1.15 bits per heavy atom. The Kier molecular flexibility index (Phi) is 6.11. The van der Waals surface area contributed by atoms with Crippen LogP contribution in [0.2, 0.25) is 0 Å². The molecule has 3 amide bonds. The number of para-hydroxylation sites is 2. The van der Waals surface area contributed by atoms with Gasteiger partial charge in [-0.15, -0.1) is 0 Å². The Bertz CT molecular complexity index is 711. The van der Waals surface area contributed by atoms with Gasteiger partial charge in [0.2, 0.25) is 17.7 Å². The van der Waals surface area contributed by atoms with Crippen LogP contribution in [-0.4, -0.2) is 67.8 Å². The normalized spacial score (nSPS) is 18.6. The van der Waals surface area contributed by atoms with Crippen molar-refractivity contribution in [1.29, 1.82) is 0 Å². The van der Waals surface area contributed by atoms with Gasteiger partial charge < -0.3 is 15.1 Å². The highest BCUT2D eigenvalue weighted by atomic mass is 16.2. The van der Waals surface area contributed by atoms with Crippen LogP contribution in [0.4, 0.5) is 11.4 Å². The minimum atomic E-state index is -0.0912. The summed E-state index contributed by atoms with van der Waals surface area (Å²) in [5.74, 6) is 0.236. The summed E-state index contributed by atoms with van der Waals surface area (Å²) in [4.78, 5) is 42.1. The van der Waals surface area contributed by atoms with Gasteiger partial charge in [-0.2, -0.15) is 0 Å². The predicted octanol–water partition coefficient (Wildman–Crippen LogP) is 1.55. The van der Waals surface area contributed by atoms with Crippen LogP contribution < -0.4 is 10.2 Å². The largest absolute Gasteiger partial charge is 0.349 e. The van der Waals surface area contributed by atoms with Crippen molar-refractivity contribution in [1.82, 2.24) is 9.80 Å². The first kappa shape index (κ1) is 19.4. The zero-order valence-corrected chi connectivity index (χ0v) is 16.1. The zero-order valence-electron chi connectivity index (χ0n) is 16.1. The number of anilines is 2. The number of benzene rings is 1. The van der Waals surface area contributed by atoms with Gasteiger partial charge >= 0.3 is 0 Å². The molecule has 0 saturated carbocycles. The molecule has 1 N–H and O–H groups in total. The van der Waals surface area contributed by atoms with Gasteiger partial charge in [0.15, 0.2) is 0 Å². The second-order valence-corrected chi connectivity index (χ2v) is 7.50. The lowest BCUT2D eigenvalue weighted by Crippen LogP contribution is -2.43. The molecule has 2 fully saturated rings.